The minimum Gasteiger partial charge on any atom is -0.330 e. The lowest BCUT2D eigenvalue weighted by Crippen LogP contribution is -2.04. The van der Waals surface area contributed by atoms with Gasteiger partial charge >= 0.3 is 0 Å². The third kappa shape index (κ3) is 17.8. The van der Waals surface area contributed by atoms with Gasteiger partial charge in [-0.2, -0.15) is 0 Å². The monoisotopic (exact) mass is 159 g/mol. The molecule has 0 heterocycles. The standard InChI is InChI=1S/C7H17N.C3H8/c1-3-4-7(2)5-6-8;1-3-2/h7H,3-6,8H2,1-2H3;3H2,1-2H3. The highest BCUT2D eigenvalue weighted by Crippen LogP contribution is 2.07. The molecule has 0 aliphatic rings. The van der Waals surface area contributed by atoms with Crippen LogP contribution in [0.2, 0.25) is 0 Å². The molecular formula is C10H25N. The fraction of sp³-hybridized carbons (Fsp3) is 1.00. The van der Waals surface area contributed by atoms with E-state index < -0.39 is 0 Å². The first kappa shape index (κ1) is 13.5. The van der Waals surface area contributed by atoms with Crippen LogP contribution in [-0.4, -0.2) is 6.54 Å². The maximum Gasteiger partial charge on any atom is -0.00747 e. The van der Waals surface area contributed by atoms with Crippen molar-refractivity contribution in [2.45, 2.75) is 53.4 Å². The number of hydrogen-bond acceptors (Lipinski definition) is 1. The van der Waals surface area contributed by atoms with Gasteiger partial charge in [-0.3, -0.25) is 0 Å². The highest BCUT2D eigenvalue weighted by atomic mass is 14.5. The quantitative estimate of drug-likeness (QED) is 0.670. The summed E-state index contributed by atoms with van der Waals surface area (Å²) in [4.78, 5) is 0. The Kier molecular flexibility index (Phi) is 15.5. The molecule has 0 amide bonds. The second-order valence-corrected chi connectivity index (χ2v) is 3.18. The zero-order valence-corrected chi connectivity index (χ0v) is 8.69. The molecule has 0 aromatic rings. The Balaban J connectivity index is 0. The Labute approximate surface area is 72.4 Å². The van der Waals surface area contributed by atoms with Crippen molar-refractivity contribution in [2.75, 3.05) is 6.54 Å². The lowest BCUT2D eigenvalue weighted by molar-refractivity contribution is 0.493. The van der Waals surface area contributed by atoms with E-state index in [1.165, 1.54) is 25.7 Å². The zero-order valence-electron chi connectivity index (χ0n) is 8.69. The molecule has 0 saturated carbocycles. The predicted molar refractivity (Wildman–Crippen MR) is 53.7 cm³/mol. The van der Waals surface area contributed by atoms with Gasteiger partial charge < -0.3 is 5.73 Å². The van der Waals surface area contributed by atoms with E-state index in [1.54, 1.807) is 0 Å². The Hall–Kier alpha value is -0.0400. The highest BCUT2D eigenvalue weighted by Gasteiger charge is 1.95. The molecular weight excluding hydrogens is 134 g/mol. The predicted octanol–water partition coefficient (Wildman–Crippen LogP) is 3.19. The minimum absolute atomic E-state index is 0.838. The summed E-state index contributed by atoms with van der Waals surface area (Å²) in [6.45, 7) is 9.57. The van der Waals surface area contributed by atoms with Crippen LogP contribution in [0.4, 0.5) is 0 Å². The van der Waals surface area contributed by atoms with Gasteiger partial charge in [0.15, 0.2) is 0 Å². The Bertz CT molecular complexity index is 46.8. The van der Waals surface area contributed by atoms with Gasteiger partial charge in [0.25, 0.3) is 0 Å². The largest absolute Gasteiger partial charge is 0.330 e. The van der Waals surface area contributed by atoms with E-state index in [0.717, 1.165) is 12.5 Å². The van der Waals surface area contributed by atoms with Crippen molar-refractivity contribution in [1.82, 2.24) is 0 Å². The summed E-state index contributed by atoms with van der Waals surface area (Å²) >= 11 is 0. The highest BCUT2D eigenvalue weighted by molar-refractivity contribution is 4.50. The molecule has 0 saturated heterocycles. The van der Waals surface area contributed by atoms with Crippen molar-refractivity contribution in [1.29, 1.82) is 0 Å². The van der Waals surface area contributed by atoms with E-state index in [4.69, 9.17) is 5.73 Å². The van der Waals surface area contributed by atoms with E-state index in [1.807, 2.05) is 0 Å². The van der Waals surface area contributed by atoms with Gasteiger partial charge in [0.2, 0.25) is 0 Å². The molecule has 0 aliphatic heterocycles. The number of rotatable bonds is 4. The summed E-state index contributed by atoms with van der Waals surface area (Å²) in [5, 5.41) is 0. The molecule has 11 heavy (non-hydrogen) atoms. The average molecular weight is 159 g/mol. The van der Waals surface area contributed by atoms with E-state index in [-0.39, 0.29) is 0 Å². The van der Waals surface area contributed by atoms with Crippen LogP contribution in [0, 0.1) is 5.92 Å². The smallest absolute Gasteiger partial charge is 0.00747 e. The van der Waals surface area contributed by atoms with E-state index >= 15 is 0 Å². The van der Waals surface area contributed by atoms with Crippen LogP contribution < -0.4 is 5.73 Å². The van der Waals surface area contributed by atoms with Gasteiger partial charge in [-0.1, -0.05) is 47.0 Å². The second-order valence-electron chi connectivity index (χ2n) is 3.18. The van der Waals surface area contributed by atoms with Crippen LogP contribution in [0.1, 0.15) is 53.4 Å². The van der Waals surface area contributed by atoms with Crippen LogP contribution >= 0.6 is 0 Å². The molecule has 0 rings (SSSR count). The first-order chi connectivity index (χ1) is 5.22. The zero-order chi connectivity index (χ0) is 9.11. The molecule has 2 N–H and O–H groups in total. The molecule has 0 aromatic carbocycles. The summed E-state index contributed by atoms with van der Waals surface area (Å²) in [7, 11) is 0. The molecule has 0 spiro atoms. The number of hydrogen-bond donors (Lipinski definition) is 1. The van der Waals surface area contributed by atoms with Crippen molar-refractivity contribution in [3.63, 3.8) is 0 Å². The second kappa shape index (κ2) is 12.6. The van der Waals surface area contributed by atoms with Crippen molar-refractivity contribution in [3.05, 3.63) is 0 Å². The third-order valence-electron chi connectivity index (χ3n) is 1.44. The van der Waals surface area contributed by atoms with Gasteiger partial charge in [-0.25, -0.2) is 0 Å². The minimum atomic E-state index is 0.838. The Morgan fingerprint density at radius 3 is 1.82 bits per heavy atom. The molecule has 1 heteroatoms. The van der Waals surface area contributed by atoms with Gasteiger partial charge in [-0.05, 0) is 18.9 Å². The van der Waals surface area contributed by atoms with Crippen LogP contribution in [-0.2, 0) is 0 Å². The van der Waals surface area contributed by atoms with Crippen LogP contribution in [0.25, 0.3) is 0 Å². The van der Waals surface area contributed by atoms with Crippen molar-refractivity contribution in [2.24, 2.45) is 11.7 Å². The van der Waals surface area contributed by atoms with E-state index in [9.17, 15) is 0 Å². The summed E-state index contributed by atoms with van der Waals surface area (Å²) in [6.07, 6.45) is 5.06. The van der Waals surface area contributed by atoms with E-state index in [2.05, 4.69) is 27.7 Å². The lowest BCUT2D eigenvalue weighted by Gasteiger charge is -2.05. The van der Waals surface area contributed by atoms with Crippen LogP contribution in [0.5, 0.6) is 0 Å². The van der Waals surface area contributed by atoms with Gasteiger partial charge in [0.1, 0.15) is 0 Å². The van der Waals surface area contributed by atoms with Crippen molar-refractivity contribution in [3.8, 4) is 0 Å². The fourth-order valence-electron chi connectivity index (χ4n) is 0.922. The molecule has 1 nitrogen and oxygen atoms in total. The summed E-state index contributed by atoms with van der Waals surface area (Å²) in [5.74, 6) is 0.838. The molecule has 0 aliphatic carbocycles. The fourth-order valence-corrected chi connectivity index (χ4v) is 0.922. The first-order valence-electron chi connectivity index (χ1n) is 4.92. The van der Waals surface area contributed by atoms with Gasteiger partial charge in [0.05, 0.1) is 0 Å². The summed E-state index contributed by atoms with van der Waals surface area (Å²) < 4.78 is 0. The van der Waals surface area contributed by atoms with Crippen LogP contribution in [0.3, 0.4) is 0 Å². The maximum absolute atomic E-state index is 5.36. The molecule has 70 valence electrons. The van der Waals surface area contributed by atoms with Gasteiger partial charge in [0, 0.05) is 0 Å². The molecule has 1 atom stereocenters. The molecule has 0 radical (unpaired) electrons. The SMILES string of the molecule is CCC.CCCC(C)CCN. The van der Waals surface area contributed by atoms with Crippen molar-refractivity contribution < 1.29 is 0 Å². The Morgan fingerprint density at radius 1 is 1.09 bits per heavy atom. The van der Waals surface area contributed by atoms with Crippen LogP contribution in [0.15, 0.2) is 0 Å². The first-order valence-corrected chi connectivity index (χ1v) is 4.92. The molecule has 1 unspecified atom stereocenters. The normalized spacial score (nSPS) is 11.7. The van der Waals surface area contributed by atoms with Crippen molar-refractivity contribution >= 4 is 0 Å². The average Bonchev–Trinajstić information content (AvgIpc) is 1.90. The van der Waals surface area contributed by atoms with Gasteiger partial charge in [-0.15, -0.1) is 0 Å². The topological polar surface area (TPSA) is 26.0 Å². The molecule has 0 fully saturated rings. The summed E-state index contributed by atoms with van der Waals surface area (Å²) in [6, 6.07) is 0. The molecule has 0 aromatic heterocycles. The lowest BCUT2D eigenvalue weighted by atomic mass is 10.0. The molecule has 0 bridgehead atoms. The maximum atomic E-state index is 5.36. The third-order valence-corrected chi connectivity index (χ3v) is 1.44. The summed E-state index contributed by atoms with van der Waals surface area (Å²) in [5.41, 5.74) is 5.36. The number of nitrogens with two attached hydrogens (primary N) is 1. The van der Waals surface area contributed by atoms with E-state index in [0.29, 0.717) is 0 Å². The Morgan fingerprint density at radius 2 is 1.55 bits per heavy atom.